The highest BCUT2D eigenvalue weighted by Gasteiger charge is 2.30. The van der Waals surface area contributed by atoms with Crippen molar-refractivity contribution >= 4 is 27.6 Å². The van der Waals surface area contributed by atoms with Crippen LogP contribution in [0.5, 0.6) is 5.75 Å². The highest BCUT2D eigenvalue weighted by atomic mass is 79.9. The fourth-order valence-electron chi connectivity index (χ4n) is 5.43. The molecule has 0 bridgehead atoms. The highest BCUT2D eigenvalue weighted by Crippen LogP contribution is 2.43. The maximum Gasteiger partial charge on any atom is 0.410 e. The maximum atomic E-state index is 15.7. The number of carbonyl (C=O) groups is 1. The number of allylic oxidation sites excluding steroid dienone is 1. The van der Waals surface area contributed by atoms with Crippen LogP contribution in [-0.4, -0.2) is 29.7 Å². The van der Waals surface area contributed by atoms with Crippen molar-refractivity contribution in [1.82, 2.24) is 4.90 Å². The maximum absolute atomic E-state index is 15.7. The van der Waals surface area contributed by atoms with Crippen LogP contribution in [0, 0.1) is 11.6 Å². The van der Waals surface area contributed by atoms with Gasteiger partial charge in [0, 0.05) is 23.1 Å². The molecule has 5 rings (SSSR count). The number of amides is 1. The second-order valence-electron chi connectivity index (χ2n) is 11.5. The van der Waals surface area contributed by atoms with Gasteiger partial charge < -0.3 is 14.4 Å². The van der Waals surface area contributed by atoms with Gasteiger partial charge in [-0.3, -0.25) is 0 Å². The molecule has 3 aromatic carbocycles. The summed E-state index contributed by atoms with van der Waals surface area (Å²) in [7, 11) is 0. The van der Waals surface area contributed by atoms with E-state index in [0.29, 0.717) is 50.1 Å². The van der Waals surface area contributed by atoms with E-state index in [1.165, 1.54) is 12.1 Å². The molecule has 1 amide bonds. The Balaban J connectivity index is 1.33. The van der Waals surface area contributed by atoms with Gasteiger partial charge in [0.2, 0.25) is 0 Å². The van der Waals surface area contributed by atoms with Crippen LogP contribution in [0.25, 0.3) is 5.57 Å². The predicted molar refractivity (Wildman–Crippen MR) is 157 cm³/mol. The molecule has 210 valence electrons. The Labute approximate surface area is 243 Å². The van der Waals surface area contributed by atoms with Crippen molar-refractivity contribution in [3.63, 3.8) is 0 Å². The Morgan fingerprint density at radius 2 is 1.65 bits per heavy atom. The largest absolute Gasteiger partial charge is 0.489 e. The van der Waals surface area contributed by atoms with E-state index in [1.807, 2.05) is 69.3 Å². The molecular weight excluding hydrogens is 576 g/mol. The van der Waals surface area contributed by atoms with Gasteiger partial charge in [0.25, 0.3) is 0 Å². The first-order valence-corrected chi connectivity index (χ1v) is 14.5. The Morgan fingerprint density at radius 1 is 0.975 bits per heavy atom. The minimum absolute atomic E-state index is 0.0132. The van der Waals surface area contributed by atoms with Crippen LogP contribution in [0.2, 0.25) is 0 Å². The molecule has 0 atom stereocenters. The zero-order valence-corrected chi connectivity index (χ0v) is 24.7. The zero-order chi connectivity index (χ0) is 28.4. The Bertz CT molecular complexity index is 1400. The normalized spacial score (nSPS) is 16.1. The summed E-state index contributed by atoms with van der Waals surface area (Å²) in [6.07, 6.45) is 2.30. The summed E-state index contributed by atoms with van der Waals surface area (Å²) in [4.78, 5) is 14.1. The fourth-order valence-corrected chi connectivity index (χ4v) is 6.04. The van der Waals surface area contributed by atoms with Gasteiger partial charge in [0.1, 0.15) is 29.6 Å². The van der Waals surface area contributed by atoms with Crippen molar-refractivity contribution in [3.8, 4) is 5.75 Å². The lowest BCUT2D eigenvalue weighted by Gasteiger charge is -2.33. The van der Waals surface area contributed by atoms with Crippen molar-refractivity contribution < 1.29 is 23.0 Å². The van der Waals surface area contributed by atoms with E-state index in [0.717, 1.165) is 33.3 Å². The number of fused-ring (bicyclic) bond motifs is 1. The third kappa shape index (κ3) is 6.41. The SMILES string of the molecule is CC(C)(C)OC(=O)N1CCC(c2cc(F)c(C3=C(Br)CCc4cc(OCc5ccccc5)ccc43)c(F)c2)CC1. The highest BCUT2D eigenvalue weighted by molar-refractivity contribution is 9.11. The van der Waals surface area contributed by atoms with Crippen LogP contribution < -0.4 is 4.74 Å². The van der Waals surface area contributed by atoms with Crippen molar-refractivity contribution in [2.45, 2.75) is 64.6 Å². The summed E-state index contributed by atoms with van der Waals surface area (Å²) in [5, 5.41) is 0. The van der Waals surface area contributed by atoms with Crippen LogP contribution in [0.3, 0.4) is 0 Å². The predicted octanol–water partition coefficient (Wildman–Crippen LogP) is 8.76. The number of carbonyl (C=O) groups excluding carboxylic acids is 1. The number of rotatable bonds is 5. The van der Waals surface area contributed by atoms with E-state index < -0.39 is 17.2 Å². The first-order chi connectivity index (χ1) is 19.1. The number of nitrogens with zero attached hydrogens (tertiary/aromatic N) is 1. The van der Waals surface area contributed by atoms with Crippen molar-refractivity contribution in [2.75, 3.05) is 13.1 Å². The number of hydrogen-bond donors (Lipinski definition) is 0. The quantitative estimate of drug-likeness (QED) is 0.290. The lowest BCUT2D eigenvalue weighted by atomic mass is 9.84. The minimum Gasteiger partial charge on any atom is -0.489 e. The van der Waals surface area contributed by atoms with E-state index in [4.69, 9.17) is 9.47 Å². The van der Waals surface area contributed by atoms with Crippen molar-refractivity contribution in [2.24, 2.45) is 0 Å². The van der Waals surface area contributed by atoms with Crippen LogP contribution >= 0.6 is 15.9 Å². The molecule has 0 aromatic heterocycles. The zero-order valence-electron chi connectivity index (χ0n) is 23.1. The number of benzene rings is 3. The topological polar surface area (TPSA) is 38.8 Å². The molecule has 1 aliphatic heterocycles. The molecule has 2 aliphatic rings. The molecule has 1 fully saturated rings. The molecule has 0 saturated carbocycles. The van der Waals surface area contributed by atoms with Crippen LogP contribution in [0.4, 0.5) is 13.6 Å². The van der Waals surface area contributed by atoms with Gasteiger partial charge in [-0.05, 0) is 98.9 Å². The summed E-state index contributed by atoms with van der Waals surface area (Å²) in [6, 6.07) is 18.6. The smallest absolute Gasteiger partial charge is 0.410 e. The number of ether oxygens (including phenoxy) is 2. The average molecular weight is 611 g/mol. The molecule has 0 unspecified atom stereocenters. The second-order valence-corrected chi connectivity index (χ2v) is 12.4. The van der Waals surface area contributed by atoms with Gasteiger partial charge in [0.05, 0.1) is 5.56 Å². The number of likely N-dealkylation sites (tertiary alicyclic amines) is 1. The van der Waals surface area contributed by atoms with E-state index >= 15 is 8.78 Å². The first kappa shape index (κ1) is 28.3. The summed E-state index contributed by atoms with van der Waals surface area (Å²) in [5.74, 6) is -0.450. The molecule has 1 aliphatic carbocycles. The van der Waals surface area contributed by atoms with Crippen LogP contribution in [-0.2, 0) is 17.8 Å². The lowest BCUT2D eigenvalue weighted by molar-refractivity contribution is 0.0204. The summed E-state index contributed by atoms with van der Waals surface area (Å²) in [5.41, 5.74) is 3.48. The summed E-state index contributed by atoms with van der Waals surface area (Å²) in [6.45, 7) is 6.94. The molecular formula is C33H34BrF2NO3. The van der Waals surface area contributed by atoms with Crippen LogP contribution in [0.1, 0.15) is 73.8 Å². The van der Waals surface area contributed by atoms with Gasteiger partial charge in [-0.25, -0.2) is 13.6 Å². The van der Waals surface area contributed by atoms with Crippen LogP contribution in [0.15, 0.2) is 65.1 Å². The number of aryl methyl sites for hydroxylation is 1. The average Bonchev–Trinajstić information content (AvgIpc) is 2.92. The second kappa shape index (κ2) is 11.7. The van der Waals surface area contributed by atoms with Gasteiger partial charge in [-0.1, -0.05) is 52.3 Å². The fraction of sp³-hybridized carbons (Fsp3) is 0.364. The third-order valence-corrected chi connectivity index (χ3v) is 8.20. The first-order valence-electron chi connectivity index (χ1n) is 13.7. The van der Waals surface area contributed by atoms with E-state index in [2.05, 4.69) is 15.9 Å². The van der Waals surface area contributed by atoms with Crippen molar-refractivity contribution in [1.29, 1.82) is 0 Å². The van der Waals surface area contributed by atoms with Crippen molar-refractivity contribution in [3.05, 3.63) is 105 Å². The summed E-state index contributed by atoms with van der Waals surface area (Å²) < 4.78 is 43.6. The molecule has 1 saturated heterocycles. The Hall–Kier alpha value is -3.19. The molecule has 0 spiro atoms. The third-order valence-electron chi connectivity index (χ3n) is 7.41. The molecule has 4 nitrogen and oxygen atoms in total. The van der Waals surface area contributed by atoms with E-state index in [1.54, 1.807) is 4.90 Å². The van der Waals surface area contributed by atoms with E-state index in [9.17, 15) is 4.79 Å². The molecule has 3 aromatic rings. The summed E-state index contributed by atoms with van der Waals surface area (Å²) >= 11 is 3.61. The van der Waals surface area contributed by atoms with Gasteiger partial charge in [0.15, 0.2) is 0 Å². The standard InChI is InChI=1S/C33H34BrF2NO3/c1-33(2,3)40-32(38)37-15-13-22(14-16-37)24-18-28(35)31(29(36)19-24)30-26-11-10-25(17-23(26)9-12-27(30)34)39-20-21-7-5-4-6-8-21/h4-8,10-11,17-19,22H,9,12-16,20H2,1-3H3. The number of halogens is 3. The number of hydrogen-bond acceptors (Lipinski definition) is 3. The van der Waals surface area contributed by atoms with Gasteiger partial charge >= 0.3 is 6.09 Å². The Kier molecular flexibility index (Phi) is 8.31. The molecule has 7 heteroatoms. The molecule has 0 radical (unpaired) electrons. The van der Waals surface area contributed by atoms with E-state index in [-0.39, 0.29) is 17.6 Å². The minimum atomic E-state index is -0.575. The number of piperidine rings is 1. The molecule has 1 heterocycles. The lowest BCUT2D eigenvalue weighted by Crippen LogP contribution is -2.41. The van der Waals surface area contributed by atoms with Gasteiger partial charge in [-0.2, -0.15) is 0 Å². The molecule has 0 N–H and O–H groups in total. The molecule has 40 heavy (non-hydrogen) atoms. The van der Waals surface area contributed by atoms with Gasteiger partial charge in [-0.15, -0.1) is 0 Å². The monoisotopic (exact) mass is 609 g/mol. The Morgan fingerprint density at radius 3 is 2.30 bits per heavy atom.